The minimum Gasteiger partial charge on any atom is -0.469 e. The van der Waals surface area contributed by atoms with Crippen molar-refractivity contribution in [3.8, 4) is 0 Å². The van der Waals surface area contributed by atoms with E-state index < -0.39 is 0 Å². The Hall–Kier alpha value is -1.55. The topological polar surface area (TPSA) is 41.6 Å². The van der Waals surface area contributed by atoms with Gasteiger partial charge in [0.05, 0.1) is 13.0 Å². The molecular formula is C17H22N2O2. The lowest BCUT2D eigenvalue weighted by Gasteiger charge is -2.46. The van der Waals surface area contributed by atoms with Crippen LogP contribution in [0, 0.1) is 5.92 Å². The van der Waals surface area contributed by atoms with Crippen LogP contribution in [-0.4, -0.2) is 44.2 Å². The third-order valence-electron chi connectivity index (χ3n) is 5.62. The summed E-state index contributed by atoms with van der Waals surface area (Å²) in [6.07, 6.45) is 2.12. The van der Waals surface area contributed by atoms with E-state index >= 15 is 0 Å². The SMILES string of the molecule is COC(=O)[C@@H]1C[C@@H]2c3cccc4c3C(CN4)C[C@H]2N(C)C1. The second kappa shape index (κ2) is 4.73. The summed E-state index contributed by atoms with van der Waals surface area (Å²) in [4.78, 5) is 14.4. The molecule has 0 aromatic heterocycles. The summed E-state index contributed by atoms with van der Waals surface area (Å²) in [5, 5.41) is 3.54. The van der Waals surface area contributed by atoms with E-state index in [4.69, 9.17) is 4.74 Å². The highest BCUT2D eigenvalue weighted by molar-refractivity contribution is 5.73. The van der Waals surface area contributed by atoms with E-state index in [1.165, 1.54) is 30.3 Å². The summed E-state index contributed by atoms with van der Waals surface area (Å²) in [6, 6.07) is 7.15. The molecule has 1 N–H and O–H groups in total. The van der Waals surface area contributed by atoms with E-state index in [0.717, 1.165) is 19.5 Å². The molecule has 112 valence electrons. The van der Waals surface area contributed by atoms with Crippen LogP contribution in [-0.2, 0) is 9.53 Å². The normalized spacial score (nSPS) is 33.8. The third-order valence-corrected chi connectivity index (χ3v) is 5.62. The van der Waals surface area contributed by atoms with Gasteiger partial charge in [-0.15, -0.1) is 0 Å². The molecule has 1 fully saturated rings. The van der Waals surface area contributed by atoms with Gasteiger partial charge in [0.15, 0.2) is 0 Å². The molecule has 0 bridgehead atoms. The number of nitrogens with one attached hydrogen (secondary N) is 1. The van der Waals surface area contributed by atoms with E-state index in [9.17, 15) is 4.79 Å². The number of nitrogens with zero attached hydrogens (tertiary/aromatic N) is 1. The number of likely N-dealkylation sites (tertiary alicyclic amines) is 1. The van der Waals surface area contributed by atoms with Gasteiger partial charge >= 0.3 is 5.97 Å². The fraction of sp³-hybridized carbons (Fsp3) is 0.588. The van der Waals surface area contributed by atoms with Gasteiger partial charge in [-0.1, -0.05) is 12.1 Å². The van der Waals surface area contributed by atoms with Crippen molar-refractivity contribution >= 4 is 11.7 Å². The van der Waals surface area contributed by atoms with E-state index in [1.54, 1.807) is 0 Å². The molecule has 2 aliphatic heterocycles. The van der Waals surface area contributed by atoms with Gasteiger partial charge < -0.3 is 15.0 Å². The predicted octanol–water partition coefficient (Wildman–Crippen LogP) is 2.18. The van der Waals surface area contributed by atoms with E-state index in [1.807, 2.05) is 0 Å². The molecule has 21 heavy (non-hydrogen) atoms. The minimum absolute atomic E-state index is 0.00279. The van der Waals surface area contributed by atoms with E-state index in [0.29, 0.717) is 17.9 Å². The van der Waals surface area contributed by atoms with Gasteiger partial charge in [0.1, 0.15) is 0 Å². The van der Waals surface area contributed by atoms with Crippen LogP contribution in [0.3, 0.4) is 0 Å². The van der Waals surface area contributed by atoms with Gasteiger partial charge in [-0.3, -0.25) is 4.79 Å². The monoisotopic (exact) mass is 286 g/mol. The highest BCUT2D eigenvalue weighted by atomic mass is 16.5. The number of hydrogen-bond acceptors (Lipinski definition) is 4. The van der Waals surface area contributed by atoms with Crippen molar-refractivity contribution in [2.45, 2.75) is 30.7 Å². The van der Waals surface area contributed by atoms with Gasteiger partial charge in [0.25, 0.3) is 0 Å². The van der Waals surface area contributed by atoms with Crippen LogP contribution in [0.1, 0.15) is 35.8 Å². The quantitative estimate of drug-likeness (QED) is 0.804. The number of carbonyl (C=O) groups excluding carboxylic acids is 1. The van der Waals surface area contributed by atoms with Crippen molar-refractivity contribution in [2.24, 2.45) is 5.92 Å². The van der Waals surface area contributed by atoms with Crippen molar-refractivity contribution in [1.29, 1.82) is 0 Å². The van der Waals surface area contributed by atoms with Gasteiger partial charge in [0.2, 0.25) is 0 Å². The first-order chi connectivity index (χ1) is 10.2. The Morgan fingerprint density at radius 2 is 2.24 bits per heavy atom. The lowest BCUT2D eigenvalue weighted by atomic mass is 9.68. The first-order valence-electron chi connectivity index (χ1n) is 7.83. The first-order valence-corrected chi connectivity index (χ1v) is 7.83. The molecule has 4 rings (SSSR count). The van der Waals surface area contributed by atoms with E-state index in [-0.39, 0.29) is 11.9 Å². The summed E-state index contributed by atoms with van der Waals surface area (Å²) >= 11 is 0. The average molecular weight is 286 g/mol. The molecule has 4 heteroatoms. The van der Waals surface area contributed by atoms with Crippen LogP contribution in [0.2, 0.25) is 0 Å². The summed E-state index contributed by atoms with van der Waals surface area (Å²) < 4.78 is 4.98. The molecule has 0 spiro atoms. The summed E-state index contributed by atoms with van der Waals surface area (Å²) in [5.41, 5.74) is 4.27. The Labute approximate surface area is 125 Å². The number of carbonyl (C=O) groups is 1. The van der Waals surface area contributed by atoms with Gasteiger partial charge in [-0.05, 0) is 37.1 Å². The molecule has 4 nitrogen and oxygen atoms in total. The van der Waals surface area contributed by atoms with Crippen LogP contribution in [0.25, 0.3) is 0 Å². The number of hydrogen-bond donors (Lipinski definition) is 1. The van der Waals surface area contributed by atoms with Crippen LogP contribution >= 0.6 is 0 Å². The van der Waals surface area contributed by atoms with Gasteiger partial charge in [-0.25, -0.2) is 0 Å². The Morgan fingerprint density at radius 1 is 1.38 bits per heavy atom. The molecule has 1 saturated heterocycles. The van der Waals surface area contributed by atoms with Crippen molar-refractivity contribution in [2.75, 3.05) is 32.6 Å². The fourth-order valence-corrected chi connectivity index (χ4v) is 4.69. The van der Waals surface area contributed by atoms with Crippen molar-refractivity contribution in [1.82, 2.24) is 4.90 Å². The lowest BCUT2D eigenvalue weighted by molar-refractivity contribution is -0.148. The minimum atomic E-state index is -0.0619. The number of fused-ring (bicyclic) bond motifs is 2. The van der Waals surface area contributed by atoms with Crippen LogP contribution in [0.4, 0.5) is 5.69 Å². The second-order valence-electron chi connectivity index (χ2n) is 6.69. The number of piperidine rings is 1. The molecule has 1 aromatic rings. The number of ether oxygens (including phenoxy) is 1. The maximum Gasteiger partial charge on any atom is 0.309 e. The van der Waals surface area contributed by atoms with E-state index in [2.05, 4.69) is 35.5 Å². The fourth-order valence-electron chi connectivity index (χ4n) is 4.69. The Bertz CT molecular complexity index is 586. The lowest BCUT2D eigenvalue weighted by Crippen LogP contribution is -2.50. The molecule has 0 amide bonds. The van der Waals surface area contributed by atoms with Crippen molar-refractivity contribution in [3.05, 3.63) is 29.3 Å². The van der Waals surface area contributed by atoms with Crippen molar-refractivity contribution < 1.29 is 9.53 Å². The zero-order valence-corrected chi connectivity index (χ0v) is 12.6. The molecule has 2 heterocycles. The largest absolute Gasteiger partial charge is 0.469 e. The first kappa shape index (κ1) is 13.1. The predicted molar refractivity (Wildman–Crippen MR) is 81.6 cm³/mol. The number of benzene rings is 1. The van der Waals surface area contributed by atoms with Crippen molar-refractivity contribution in [3.63, 3.8) is 0 Å². The van der Waals surface area contributed by atoms with Crippen LogP contribution < -0.4 is 5.32 Å². The highest BCUT2D eigenvalue weighted by Crippen LogP contribution is 2.50. The molecule has 0 radical (unpaired) electrons. The van der Waals surface area contributed by atoms with Crippen LogP contribution in [0.15, 0.2) is 18.2 Å². The standard InChI is InChI=1S/C17H22N2O2/c1-19-9-11(17(20)21-2)6-13-12-4-3-5-14-16(12)10(8-18-14)7-15(13)19/h3-5,10-11,13,15,18H,6-9H2,1-2H3/t10?,11-,13-,15-/m1/s1. The maximum absolute atomic E-state index is 12.0. The Balaban J connectivity index is 1.73. The smallest absolute Gasteiger partial charge is 0.309 e. The van der Waals surface area contributed by atoms with Gasteiger partial charge in [-0.2, -0.15) is 0 Å². The number of likely N-dealkylation sites (N-methyl/N-ethyl adjacent to an activating group) is 1. The molecular weight excluding hydrogens is 264 g/mol. The highest BCUT2D eigenvalue weighted by Gasteiger charge is 2.45. The molecule has 0 saturated carbocycles. The summed E-state index contributed by atoms with van der Waals surface area (Å²) in [7, 11) is 3.65. The second-order valence-corrected chi connectivity index (χ2v) is 6.69. The maximum atomic E-state index is 12.0. The summed E-state index contributed by atoms with van der Waals surface area (Å²) in [6.45, 7) is 1.88. The van der Waals surface area contributed by atoms with Crippen LogP contribution in [0.5, 0.6) is 0 Å². The molecule has 4 atom stereocenters. The molecule has 1 aliphatic carbocycles. The summed E-state index contributed by atoms with van der Waals surface area (Å²) in [5.74, 6) is 1.03. The van der Waals surface area contributed by atoms with Gasteiger partial charge in [0, 0.05) is 36.7 Å². The Morgan fingerprint density at radius 3 is 3.05 bits per heavy atom. The molecule has 1 aromatic carbocycles. The third kappa shape index (κ3) is 1.89. The number of rotatable bonds is 1. The zero-order valence-electron chi connectivity index (χ0n) is 12.6. The Kier molecular flexibility index (Phi) is 2.96. The molecule has 3 aliphatic rings. The molecule has 1 unspecified atom stereocenters. The number of methoxy groups -OCH3 is 1. The average Bonchev–Trinajstić information content (AvgIpc) is 2.92. The number of anilines is 1. The number of esters is 1. The zero-order chi connectivity index (χ0) is 14.6.